The largest absolute Gasteiger partial charge is 0.307 e. The molecule has 0 saturated carbocycles. The van der Waals surface area contributed by atoms with E-state index >= 15 is 0 Å². The Morgan fingerprint density at radius 3 is 2.95 bits per heavy atom. The number of nitrogens with zero attached hydrogens (tertiary/aromatic N) is 4. The third-order valence-corrected chi connectivity index (χ3v) is 2.88. The Kier molecular flexibility index (Phi) is 5.09. The number of alkyl halides is 1. The highest BCUT2D eigenvalue weighted by atomic mass is 19.1. The van der Waals surface area contributed by atoms with E-state index in [4.69, 9.17) is 0 Å². The Balaban J connectivity index is 1.80. The number of halogens is 1. The van der Waals surface area contributed by atoms with Gasteiger partial charge in [-0.3, -0.25) is 9.36 Å². The van der Waals surface area contributed by atoms with Gasteiger partial charge < -0.3 is 5.32 Å². The van der Waals surface area contributed by atoms with Crippen LogP contribution in [0.25, 0.3) is 0 Å². The minimum Gasteiger partial charge on any atom is -0.307 e. The molecule has 2 heterocycles. The van der Waals surface area contributed by atoms with Gasteiger partial charge in [0.25, 0.3) is 0 Å². The second kappa shape index (κ2) is 7.04. The fraction of sp³-hybridized carbons (Fsp3) is 0.538. The molecular formula is C13H20FN5. The summed E-state index contributed by atoms with van der Waals surface area (Å²) in [6, 6.07) is 1.91. The molecule has 2 aromatic rings. The zero-order valence-corrected chi connectivity index (χ0v) is 11.2. The molecule has 0 aliphatic carbocycles. The van der Waals surface area contributed by atoms with Crippen molar-refractivity contribution >= 4 is 0 Å². The van der Waals surface area contributed by atoms with Gasteiger partial charge in [0.05, 0.1) is 18.4 Å². The van der Waals surface area contributed by atoms with E-state index < -0.39 is 6.67 Å². The van der Waals surface area contributed by atoms with Crippen LogP contribution in [-0.4, -0.2) is 26.2 Å². The molecule has 19 heavy (non-hydrogen) atoms. The number of hydrogen-bond acceptors (Lipinski definition) is 3. The van der Waals surface area contributed by atoms with Crippen molar-refractivity contribution in [2.75, 3.05) is 6.67 Å². The maximum atomic E-state index is 12.3. The first kappa shape index (κ1) is 13.7. The van der Waals surface area contributed by atoms with Crippen molar-refractivity contribution in [3.05, 3.63) is 35.9 Å². The molecule has 0 unspecified atom stereocenters. The molecule has 1 N–H and O–H groups in total. The van der Waals surface area contributed by atoms with Crippen LogP contribution in [0.5, 0.6) is 0 Å². The summed E-state index contributed by atoms with van der Waals surface area (Å²) in [6.07, 6.45) is 6.71. The zero-order chi connectivity index (χ0) is 13.5. The molecule has 0 fully saturated rings. The first-order valence-electron chi connectivity index (χ1n) is 6.62. The molecule has 2 aromatic heterocycles. The smallest absolute Gasteiger partial charge is 0.109 e. The summed E-state index contributed by atoms with van der Waals surface area (Å²) in [4.78, 5) is 0. The van der Waals surface area contributed by atoms with Gasteiger partial charge >= 0.3 is 0 Å². The Labute approximate surface area is 112 Å². The molecule has 0 bridgehead atoms. The minimum absolute atomic E-state index is 0.318. The van der Waals surface area contributed by atoms with Crippen LogP contribution in [0.15, 0.2) is 24.7 Å². The van der Waals surface area contributed by atoms with Crippen LogP contribution in [0.2, 0.25) is 0 Å². The molecule has 5 nitrogen and oxygen atoms in total. The van der Waals surface area contributed by atoms with Gasteiger partial charge in [-0.05, 0) is 12.5 Å². The van der Waals surface area contributed by atoms with Crippen LogP contribution >= 0.6 is 0 Å². The quantitative estimate of drug-likeness (QED) is 0.791. The highest BCUT2D eigenvalue weighted by molar-refractivity contribution is 5.05. The lowest BCUT2D eigenvalue weighted by atomic mass is 10.3. The molecule has 0 aliphatic rings. The van der Waals surface area contributed by atoms with Crippen molar-refractivity contribution in [2.45, 2.75) is 39.5 Å². The van der Waals surface area contributed by atoms with Crippen LogP contribution < -0.4 is 5.32 Å². The summed E-state index contributed by atoms with van der Waals surface area (Å²) in [5.41, 5.74) is 2.16. The highest BCUT2D eigenvalue weighted by Gasteiger charge is 2.02. The molecular weight excluding hydrogens is 245 g/mol. The van der Waals surface area contributed by atoms with Crippen molar-refractivity contribution < 1.29 is 4.39 Å². The molecule has 0 spiro atoms. The number of hydrogen-bond donors (Lipinski definition) is 1. The third kappa shape index (κ3) is 3.89. The van der Waals surface area contributed by atoms with E-state index in [1.807, 2.05) is 16.9 Å². The first-order chi connectivity index (χ1) is 9.33. The van der Waals surface area contributed by atoms with Crippen LogP contribution in [0.3, 0.4) is 0 Å². The summed E-state index contributed by atoms with van der Waals surface area (Å²) in [5, 5.41) is 11.7. The maximum Gasteiger partial charge on any atom is 0.109 e. The summed E-state index contributed by atoms with van der Waals surface area (Å²) >= 11 is 0. The topological polar surface area (TPSA) is 47.7 Å². The standard InChI is InChI=1S/C13H20FN5/c1-2-6-18-11-12(9-17-18)8-15-10-13-3-5-16-19(13)7-4-14/h3,5,9,11,15H,2,4,6-8,10H2,1H3. The monoisotopic (exact) mass is 265 g/mol. The number of nitrogens with one attached hydrogen (secondary N) is 1. The Morgan fingerprint density at radius 2 is 2.16 bits per heavy atom. The fourth-order valence-electron chi connectivity index (χ4n) is 1.98. The highest BCUT2D eigenvalue weighted by Crippen LogP contribution is 2.02. The molecule has 0 radical (unpaired) electrons. The van der Waals surface area contributed by atoms with E-state index in [2.05, 4.69) is 28.6 Å². The van der Waals surface area contributed by atoms with Gasteiger partial charge in [-0.2, -0.15) is 10.2 Å². The minimum atomic E-state index is -0.390. The predicted octanol–water partition coefficient (Wildman–Crippen LogP) is 1.75. The zero-order valence-electron chi connectivity index (χ0n) is 11.2. The Bertz CT molecular complexity index is 491. The normalized spacial score (nSPS) is 11.1. The lowest BCUT2D eigenvalue weighted by molar-refractivity contribution is 0.417. The second-order valence-electron chi connectivity index (χ2n) is 4.45. The SMILES string of the molecule is CCCn1cc(CNCc2ccnn2CCF)cn1. The van der Waals surface area contributed by atoms with Crippen molar-refractivity contribution in [3.63, 3.8) is 0 Å². The molecule has 0 atom stereocenters. The maximum absolute atomic E-state index is 12.3. The van der Waals surface area contributed by atoms with E-state index in [1.165, 1.54) is 0 Å². The van der Waals surface area contributed by atoms with Gasteiger partial charge in [-0.25, -0.2) is 4.39 Å². The van der Waals surface area contributed by atoms with Crippen LogP contribution in [-0.2, 0) is 26.2 Å². The summed E-state index contributed by atoms with van der Waals surface area (Å²) in [5.74, 6) is 0. The van der Waals surface area contributed by atoms with Crippen molar-refractivity contribution in [3.8, 4) is 0 Å². The molecule has 6 heteroatoms. The van der Waals surface area contributed by atoms with Crippen molar-refractivity contribution in [1.29, 1.82) is 0 Å². The molecule has 0 aliphatic heterocycles. The van der Waals surface area contributed by atoms with Gasteiger partial charge in [0.1, 0.15) is 6.67 Å². The summed E-state index contributed by atoms with van der Waals surface area (Å²) in [6.45, 7) is 4.44. The van der Waals surface area contributed by atoms with Crippen LogP contribution in [0.1, 0.15) is 24.6 Å². The van der Waals surface area contributed by atoms with Gasteiger partial charge in [0, 0.05) is 37.6 Å². The van der Waals surface area contributed by atoms with Gasteiger partial charge in [-0.15, -0.1) is 0 Å². The molecule has 2 rings (SSSR count). The summed E-state index contributed by atoms with van der Waals surface area (Å²) < 4.78 is 15.9. The Morgan fingerprint density at radius 1 is 1.26 bits per heavy atom. The van der Waals surface area contributed by atoms with Crippen molar-refractivity contribution in [2.24, 2.45) is 0 Å². The molecule has 0 aromatic carbocycles. The van der Waals surface area contributed by atoms with E-state index in [9.17, 15) is 4.39 Å². The van der Waals surface area contributed by atoms with E-state index in [-0.39, 0.29) is 0 Å². The van der Waals surface area contributed by atoms with Crippen LogP contribution in [0, 0.1) is 0 Å². The summed E-state index contributed by atoms with van der Waals surface area (Å²) in [7, 11) is 0. The van der Waals surface area contributed by atoms with Gasteiger partial charge in [-0.1, -0.05) is 6.92 Å². The van der Waals surface area contributed by atoms with Crippen LogP contribution in [0.4, 0.5) is 4.39 Å². The lowest BCUT2D eigenvalue weighted by Gasteiger charge is -2.06. The Hall–Kier alpha value is -1.69. The first-order valence-corrected chi connectivity index (χ1v) is 6.62. The van der Waals surface area contributed by atoms with E-state index in [1.54, 1.807) is 10.9 Å². The average molecular weight is 265 g/mol. The third-order valence-electron chi connectivity index (χ3n) is 2.88. The molecule has 0 saturated heterocycles. The molecule has 0 amide bonds. The van der Waals surface area contributed by atoms with Gasteiger partial charge in [0.2, 0.25) is 0 Å². The van der Waals surface area contributed by atoms with E-state index in [0.717, 1.165) is 30.8 Å². The number of rotatable bonds is 8. The average Bonchev–Trinajstić information content (AvgIpc) is 3.01. The van der Waals surface area contributed by atoms with E-state index in [0.29, 0.717) is 13.1 Å². The van der Waals surface area contributed by atoms with Gasteiger partial charge in [0.15, 0.2) is 0 Å². The fourth-order valence-corrected chi connectivity index (χ4v) is 1.98. The van der Waals surface area contributed by atoms with Crippen molar-refractivity contribution in [1.82, 2.24) is 24.9 Å². The number of aromatic nitrogens is 4. The lowest BCUT2D eigenvalue weighted by Crippen LogP contribution is -2.16. The number of aryl methyl sites for hydroxylation is 2. The second-order valence-corrected chi connectivity index (χ2v) is 4.45. The predicted molar refractivity (Wildman–Crippen MR) is 71.3 cm³/mol. The molecule has 104 valence electrons.